The predicted octanol–water partition coefficient (Wildman–Crippen LogP) is 5.94. The fourth-order valence-electron chi connectivity index (χ4n) is 4.08. The van der Waals surface area contributed by atoms with Crippen molar-refractivity contribution in [2.75, 3.05) is 0 Å². The van der Waals surface area contributed by atoms with Gasteiger partial charge in [-0.25, -0.2) is 4.79 Å². The van der Waals surface area contributed by atoms with Crippen LogP contribution >= 0.6 is 0 Å². The molecule has 1 aliphatic carbocycles. The monoisotopic (exact) mass is 390 g/mol. The highest BCUT2D eigenvalue weighted by Crippen LogP contribution is 2.35. The van der Waals surface area contributed by atoms with Crippen LogP contribution in [0.2, 0.25) is 0 Å². The van der Waals surface area contributed by atoms with E-state index in [9.17, 15) is 4.79 Å². The lowest BCUT2D eigenvalue weighted by molar-refractivity contribution is -0.144. The van der Waals surface area contributed by atoms with Crippen molar-refractivity contribution in [1.82, 2.24) is 0 Å². The number of fused-ring (bicyclic) bond motifs is 1. The lowest BCUT2D eigenvalue weighted by atomic mass is 10.0. The molecule has 1 saturated carbocycles. The van der Waals surface area contributed by atoms with Crippen molar-refractivity contribution in [1.29, 1.82) is 0 Å². The first kappa shape index (κ1) is 19.3. The Morgan fingerprint density at radius 1 is 1.17 bits per heavy atom. The number of hydrogen-bond acceptors (Lipinski definition) is 4. The minimum absolute atomic E-state index is 0.00492. The molecule has 3 unspecified atom stereocenters. The maximum absolute atomic E-state index is 11.5. The lowest BCUT2D eigenvalue weighted by Gasteiger charge is -2.21. The summed E-state index contributed by atoms with van der Waals surface area (Å²) in [4.78, 5) is 11.5. The average Bonchev–Trinajstić information content (AvgIpc) is 3.32. The number of hydrogen-bond donors (Lipinski definition) is 0. The standard InChI is InChI=1S/C25H26O4/c1-4-17-8-6-7-9-20(17)24-14-18-10-11-19(15-23(18)28-24)27-21-12-13-22(16(21)3)29-25(26)5-2/h5-11,14-16,21-22H,2,4,12-13H2,1,3H3. The topological polar surface area (TPSA) is 48.7 Å². The maximum atomic E-state index is 11.5. The Kier molecular flexibility index (Phi) is 5.43. The molecule has 0 amide bonds. The van der Waals surface area contributed by atoms with E-state index in [0.717, 1.165) is 47.3 Å². The molecule has 3 aromatic rings. The van der Waals surface area contributed by atoms with E-state index in [-0.39, 0.29) is 24.1 Å². The second-order valence-corrected chi connectivity index (χ2v) is 7.59. The summed E-state index contributed by atoms with van der Waals surface area (Å²) in [5.74, 6) is 1.40. The fraction of sp³-hybridized carbons (Fsp3) is 0.320. The molecule has 1 aromatic heterocycles. The molecule has 0 spiro atoms. The third-order valence-corrected chi connectivity index (χ3v) is 5.79. The normalized spacial score (nSPS) is 21.2. The highest BCUT2D eigenvalue weighted by atomic mass is 16.5. The summed E-state index contributed by atoms with van der Waals surface area (Å²) in [6.07, 6.45) is 3.69. The van der Waals surface area contributed by atoms with Crippen molar-refractivity contribution >= 4 is 16.9 Å². The molecule has 0 N–H and O–H groups in total. The minimum atomic E-state index is -0.376. The average molecular weight is 390 g/mol. The zero-order chi connectivity index (χ0) is 20.4. The van der Waals surface area contributed by atoms with Gasteiger partial charge in [0.05, 0.1) is 0 Å². The Morgan fingerprint density at radius 2 is 1.97 bits per heavy atom. The largest absolute Gasteiger partial charge is 0.490 e. The Labute approximate surface area is 171 Å². The van der Waals surface area contributed by atoms with E-state index in [0.29, 0.717) is 0 Å². The number of ether oxygens (including phenoxy) is 2. The van der Waals surface area contributed by atoms with Crippen LogP contribution in [0, 0.1) is 5.92 Å². The molecule has 0 saturated heterocycles. The highest BCUT2D eigenvalue weighted by Gasteiger charge is 2.36. The quantitative estimate of drug-likeness (QED) is 0.386. The predicted molar refractivity (Wildman–Crippen MR) is 114 cm³/mol. The van der Waals surface area contributed by atoms with Gasteiger partial charge in [0.2, 0.25) is 0 Å². The summed E-state index contributed by atoms with van der Waals surface area (Å²) in [6, 6.07) is 16.4. The molecule has 0 radical (unpaired) electrons. The van der Waals surface area contributed by atoms with E-state index < -0.39 is 0 Å². The van der Waals surface area contributed by atoms with Crippen LogP contribution in [0.3, 0.4) is 0 Å². The van der Waals surface area contributed by atoms with Crippen LogP contribution in [0.5, 0.6) is 5.75 Å². The molecule has 0 aliphatic heterocycles. The lowest BCUT2D eigenvalue weighted by Crippen LogP contribution is -2.27. The molecule has 1 aliphatic rings. The molecule has 3 atom stereocenters. The summed E-state index contributed by atoms with van der Waals surface area (Å²) in [5, 5.41) is 1.05. The number of carbonyl (C=O) groups is 1. The molecule has 29 heavy (non-hydrogen) atoms. The van der Waals surface area contributed by atoms with E-state index in [1.54, 1.807) is 0 Å². The molecule has 1 heterocycles. The van der Waals surface area contributed by atoms with Crippen LogP contribution in [0.25, 0.3) is 22.3 Å². The third-order valence-electron chi connectivity index (χ3n) is 5.79. The van der Waals surface area contributed by atoms with Crippen molar-refractivity contribution in [2.24, 2.45) is 5.92 Å². The summed E-state index contributed by atoms with van der Waals surface area (Å²) >= 11 is 0. The SMILES string of the molecule is C=CC(=O)OC1CCC(Oc2ccc3cc(-c4ccccc4CC)oc3c2)C1C. The number of aryl methyl sites for hydroxylation is 1. The van der Waals surface area contributed by atoms with Gasteiger partial charge in [-0.2, -0.15) is 0 Å². The molecule has 4 rings (SSSR count). The summed E-state index contributed by atoms with van der Waals surface area (Å²) in [6.45, 7) is 7.67. The van der Waals surface area contributed by atoms with Crippen LogP contribution < -0.4 is 4.74 Å². The molecule has 0 bridgehead atoms. The van der Waals surface area contributed by atoms with Gasteiger partial charge in [0, 0.05) is 29.0 Å². The van der Waals surface area contributed by atoms with Gasteiger partial charge >= 0.3 is 5.97 Å². The zero-order valence-electron chi connectivity index (χ0n) is 16.9. The molecular weight excluding hydrogens is 364 g/mol. The minimum Gasteiger partial charge on any atom is -0.490 e. The van der Waals surface area contributed by atoms with Crippen LogP contribution in [-0.4, -0.2) is 18.2 Å². The van der Waals surface area contributed by atoms with Crippen molar-refractivity contribution in [3.05, 3.63) is 66.7 Å². The zero-order valence-corrected chi connectivity index (χ0v) is 16.9. The van der Waals surface area contributed by atoms with Crippen LogP contribution in [0.15, 0.2) is 65.6 Å². The van der Waals surface area contributed by atoms with E-state index in [4.69, 9.17) is 13.9 Å². The molecule has 2 aromatic carbocycles. The van der Waals surface area contributed by atoms with Crippen LogP contribution in [0.4, 0.5) is 0 Å². The number of esters is 1. The van der Waals surface area contributed by atoms with E-state index in [1.807, 2.05) is 24.3 Å². The second-order valence-electron chi connectivity index (χ2n) is 7.59. The Morgan fingerprint density at radius 3 is 2.76 bits per heavy atom. The van der Waals surface area contributed by atoms with Gasteiger partial charge in [0.25, 0.3) is 0 Å². The Hall–Kier alpha value is -3.01. The number of benzene rings is 2. The smallest absolute Gasteiger partial charge is 0.330 e. The molecule has 1 fully saturated rings. The van der Waals surface area contributed by atoms with Gasteiger partial charge in [-0.1, -0.05) is 44.7 Å². The number of furan rings is 1. The third kappa shape index (κ3) is 3.93. The van der Waals surface area contributed by atoms with Crippen LogP contribution in [0.1, 0.15) is 32.3 Å². The van der Waals surface area contributed by atoms with Gasteiger partial charge in [0.1, 0.15) is 29.3 Å². The number of rotatable bonds is 6. The van der Waals surface area contributed by atoms with Gasteiger partial charge in [0.15, 0.2) is 0 Å². The first-order chi connectivity index (χ1) is 14.1. The van der Waals surface area contributed by atoms with E-state index in [1.165, 1.54) is 11.6 Å². The summed E-state index contributed by atoms with van der Waals surface area (Å²) in [7, 11) is 0. The molecule has 4 heteroatoms. The number of carbonyl (C=O) groups excluding carboxylic acids is 1. The highest BCUT2D eigenvalue weighted by molar-refractivity contribution is 5.84. The van der Waals surface area contributed by atoms with Crippen molar-refractivity contribution in [2.45, 2.75) is 45.3 Å². The second kappa shape index (κ2) is 8.16. The van der Waals surface area contributed by atoms with Crippen molar-refractivity contribution in [3.8, 4) is 17.1 Å². The molecular formula is C25H26O4. The van der Waals surface area contributed by atoms with Gasteiger partial charge < -0.3 is 13.9 Å². The Balaban J connectivity index is 1.53. The first-order valence-electron chi connectivity index (χ1n) is 10.2. The maximum Gasteiger partial charge on any atom is 0.330 e. The van der Waals surface area contributed by atoms with Crippen molar-refractivity contribution in [3.63, 3.8) is 0 Å². The van der Waals surface area contributed by atoms with Crippen molar-refractivity contribution < 1.29 is 18.7 Å². The van der Waals surface area contributed by atoms with Gasteiger partial charge in [-0.15, -0.1) is 0 Å². The first-order valence-corrected chi connectivity index (χ1v) is 10.2. The molecule has 150 valence electrons. The molecule has 4 nitrogen and oxygen atoms in total. The fourth-order valence-corrected chi connectivity index (χ4v) is 4.08. The van der Waals surface area contributed by atoms with E-state index in [2.05, 4.69) is 44.7 Å². The summed E-state index contributed by atoms with van der Waals surface area (Å²) < 4.78 is 17.8. The van der Waals surface area contributed by atoms with Gasteiger partial charge in [-0.3, -0.25) is 0 Å². The summed E-state index contributed by atoms with van der Waals surface area (Å²) in [5.41, 5.74) is 3.21. The van der Waals surface area contributed by atoms with Crippen LogP contribution in [-0.2, 0) is 16.0 Å². The van der Waals surface area contributed by atoms with Gasteiger partial charge in [-0.05, 0) is 43.0 Å². The Bertz CT molecular complexity index is 1030. The van der Waals surface area contributed by atoms with E-state index >= 15 is 0 Å².